The van der Waals surface area contributed by atoms with Gasteiger partial charge in [0.05, 0.1) is 0 Å². The Hall–Kier alpha value is -1.57. The number of halogens is 1. The molecule has 0 saturated carbocycles. The van der Waals surface area contributed by atoms with Crippen molar-refractivity contribution in [2.24, 2.45) is 0 Å². The summed E-state index contributed by atoms with van der Waals surface area (Å²) < 4.78 is 0. The molecular weight excluding hydrogens is 304 g/mol. The van der Waals surface area contributed by atoms with Crippen molar-refractivity contribution in [1.82, 2.24) is 0 Å². The highest BCUT2D eigenvalue weighted by Gasteiger charge is 2.12. The maximum Gasteiger partial charge on any atom is 0.210 e. The van der Waals surface area contributed by atoms with E-state index in [0.29, 0.717) is 25.1 Å². The third kappa shape index (κ3) is 32.2. The van der Waals surface area contributed by atoms with Crippen LogP contribution in [-0.4, -0.2) is 39.9 Å². The summed E-state index contributed by atoms with van der Waals surface area (Å²) in [4.78, 5) is 38.7. The Kier molecular flexibility index (Phi) is 19.2. The second-order valence-electron chi connectivity index (χ2n) is 4.17. The van der Waals surface area contributed by atoms with E-state index in [2.05, 4.69) is 0 Å². The Morgan fingerprint density at radius 1 is 1.10 bits per heavy atom. The monoisotopic (exact) mass is 326 g/mol. The van der Waals surface area contributed by atoms with Gasteiger partial charge >= 0.3 is 0 Å². The predicted octanol–water partition coefficient (Wildman–Crippen LogP) is 2.51. The second kappa shape index (κ2) is 16.5. The molecule has 0 aliphatic heterocycles. The van der Waals surface area contributed by atoms with Crippen molar-refractivity contribution in [3.05, 3.63) is 20.2 Å². The van der Waals surface area contributed by atoms with Crippen molar-refractivity contribution >= 4 is 23.2 Å². The van der Waals surface area contributed by atoms with E-state index in [1.807, 2.05) is 0 Å². The number of carbonyl (C=O) groups is 2. The minimum Gasteiger partial charge on any atom is -0.300 e. The van der Waals surface area contributed by atoms with Crippen LogP contribution in [0, 0.1) is 20.2 Å². The van der Waals surface area contributed by atoms with Crippen LogP contribution in [0.4, 0.5) is 0 Å². The van der Waals surface area contributed by atoms with E-state index < -0.39 is 6.04 Å². The molecule has 0 fully saturated rings. The maximum atomic E-state index is 10.3. The molecule has 124 valence electrons. The maximum absolute atomic E-state index is 10.3. The summed E-state index contributed by atoms with van der Waals surface area (Å²) >= 11 is 5.18. The molecule has 21 heavy (non-hydrogen) atoms. The van der Waals surface area contributed by atoms with Crippen molar-refractivity contribution in [2.45, 2.75) is 53.0 Å². The summed E-state index contributed by atoms with van der Waals surface area (Å²) in [7, 11) is 0. The molecule has 8 nitrogen and oxygen atoms in total. The normalized spacial score (nSPS) is 10.1. The van der Waals surface area contributed by atoms with Gasteiger partial charge in [-0.3, -0.25) is 25.0 Å². The van der Waals surface area contributed by atoms with Gasteiger partial charge in [-0.1, -0.05) is 0 Å². The zero-order valence-electron chi connectivity index (χ0n) is 12.8. The summed E-state index contributed by atoms with van der Waals surface area (Å²) in [6.45, 7) is 6.00. The minimum absolute atomic E-state index is 0.00806. The van der Waals surface area contributed by atoms with Crippen LogP contribution in [0.2, 0.25) is 0 Å². The predicted molar refractivity (Wildman–Crippen MR) is 79.9 cm³/mol. The highest BCUT2D eigenvalue weighted by atomic mass is 35.5. The number of Topliss-reactive ketones (excluding diaryl/α,β-unsaturated/α-hetero) is 2. The van der Waals surface area contributed by atoms with Crippen LogP contribution in [-0.2, 0) is 9.59 Å². The highest BCUT2D eigenvalue weighted by Crippen LogP contribution is 1.99. The van der Waals surface area contributed by atoms with Gasteiger partial charge in [0.15, 0.2) is 0 Å². The van der Waals surface area contributed by atoms with Gasteiger partial charge in [0.25, 0.3) is 0 Å². The van der Waals surface area contributed by atoms with Gasteiger partial charge in [-0.05, 0) is 13.8 Å². The number of nitro groups is 2. The fourth-order valence-corrected chi connectivity index (χ4v) is 0.917. The zero-order chi connectivity index (χ0) is 17.4. The highest BCUT2D eigenvalue weighted by molar-refractivity contribution is 6.18. The summed E-state index contributed by atoms with van der Waals surface area (Å²) in [6, 6.07) is -0.594. The first kappa shape index (κ1) is 24.4. The summed E-state index contributed by atoms with van der Waals surface area (Å²) in [5, 5.41) is 19.2. The molecule has 0 aliphatic carbocycles. The molecule has 0 radical (unpaired) electrons. The van der Waals surface area contributed by atoms with E-state index in [4.69, 9.17) is 11.6 Å². The van der Waals surface area contributed by atoms with Gasteiger partial charge in [-0.15, -0.1) is 11.6 Å². The Morgan fingerprint density at radius 2 is 1.48 bits per heavy atom. The van der Waals surface area contributed by atoms with Gasteiger partial charge in [-0.25, -0.2) is 0 Å². The van der Waals surface area contributed by atoms with Gasteiger partial charge in [0.1, 0.15) is 11.6 Å². The number of nitrogens with zero attached hydrogens (tertiary/aromatic N) is 2. The third-order valence-electron chi connectivity index (χ3n) is 1.98. The Bertz CT molecular complexity index is 336. The first-order valence-corrected chi connectivity index (χ1v) is 6.91. The first-order valence-electron chi connectivity index (χ1n) is 6.38. The van der Waals surface area contributed by atoms with Crippen molar-refractivity contribution in [3.8, 4) is 0 Å². The number of ketones is 2. The van der Waals surface area contributed by atoms with E-state index in [1.54, 1.807) is 0 Å². The summed E-state index contributed by atoms with van der Waals surface area (Å²) in [6.07, 6.45) is 1.16. The number of carbonyl (C=O) groups excluding carboxylic acids is 2. The molecule has 0 rings (SSSR count). The van der Waals surface area contributed by atoms with Crippen molar-refractivity contribution < 1.29 is 19.4 Å². The SMILES string of the molecule is CC(=O)CCC(C)[N+](=O)[O-].CC(=O)CCCl.CC[N+](=O)[O-]. The summed E-state index contributed by atoms with van der Waals surface area (Å²) in [5.74, 6) is 0.619. The number of alkyl halides is 1. The molecule has 0 saturated heterocycles. The lowest BCUT2D eigenvalue weighted by Gasteiger charge is -1.99. The van der Waals surface area contributed by atoms with Crippen LogP contribution in [0.15, 0.2) is 0 Å². The van der Waals surface area contributed by atoms with Crippen molar-refractivity contribution in [3.63, 3.8) is 0 Å². The van der Waals surface area contributed by atoms with Crippen LogP contribution in [0.25, 0.3) is 0 Å². The van der Waals surface area contributed by atoms with Crippen molar-refractivity contribution in [1.29, 1.82) is 0 Å². The van der Waals surface area contributed by atoms with Gasteiger partial charge < -0.3 is 4.79 Å². The molecule has 0 N–H and O–H groups in total. The summed E-state index contributed by atoms with van der Waals surface area (Å²) in [5.41, 5.74) is 0. The largest absolute Gasteiger partial charge is 0.300 e. The lowest BCUT2D eigenvalue weighted by atomic mass is 10.1. The molecule has 0 amide bonds. The fraction of sp³-hybridized carbons (Fsp3) is 0.833. The van der Waals surface area contributed by atoms with Crippen LogP contribution >= 0.6 is 11.6 Å². The van der Waals surface area contributed by atoms with E-state index in [1.165, 1.54) is 27.7 Å². The second-order valence-corrected chi connectivity index (χ2v) is 4.54. The molecule has 0 aromatic carbocycles. The third-order valence-corrected chi connectivity index (χ3v) is 2.17. The van der Waals surface area contributed by atoms with Crippen LogP contribution < -0.4 is 0 Å². The Labute approximate surface area is 129 Å². The lowest BCUT2D eigenvalue weighted by molar-refractivity contribution is -0.518. The smallest absolute Gasteiger partial charge is 0.210 e. The van der Waals surface area contributed by atoms with Crippen LogP contribution in [0.3, 0.4) is 0 Å². The quantitative estimate of drug-likeness (QED) is 0.402. The molecule has 1 atom stereocenters. The van der Waals surface area contributed by atoms with E-state index in [9.17, 15) is 29.8 Å². The Balaban J connectivity index is -0.000000252. The first-order chi connectivity index (χ1) is 9.58. The molecule has 9 heteroatoms. The average molecular weight is 327 g/mol. The zero-order valence-corrected chi connectivity index (χ0v) is 13.6. The van der Waals surface area contributed by atoms with E-state index in [-0.39, 0.29) is 28.0 Å². The van der Waals surface area contributed by atoms with Gasteiger partial charge in [0.2, 0.25) is 12.6 Å². The fourth-order valence-electron chi connectivity index (χ4n) is 0.651. The molecule has 0 spiro atoms. The molecule has 0 aromatic heterocycles. The van der Waals surface area contributed by atoms with Gasteiger partial charge in [-0.2, -0.15) is 0 Å². The number of hydrogen-bond acceptors (Lipinski definition) is 6. The lowest BCUT2D eigenvalue weighted by Crippen LogP contribution is -2.15. The number of hydrogen-bond donors (Lipinski definition) is 0. The van der Waals surface area contributed by atoms with E-state index in [0.717, 1.165) is 0 Å². The minimum atomic E-state index is -0.594. The molecule has 0 heterocycles. The standard InChI is InChI=1S/C6H11NO3.C4H7ClO.C2H5NO2/c1-5(7(9)10)3-4-6(2)8;1-4(6)2-3-5;1-2-3(4)5/h5H,3-4H2,1-2H3;2-3H2,1H3;2H2,1H3. The molecular formula is C12H23ClN2O6. The molecule has 0 bridgehead atoms. The van der Waals surface area contributed by atoms with Crippen LogP contribution in [0.1, 0.15) is 47.0 Å². The Morgan fingerprint density at radius 3 is 1.62 bits per heavy atom. The molecule has 1 unspecified atom stereocenters. The topological polar surface area (TPSA) is 120 Å². The number of rotatable bonds is 7. The van der Waals surface area contributed by atoms with Crippen LogP contribution in [0.5, 0.6) is 0 Å². The van der Waals surface area contributed by atoms with Crippen molar-refractivity contribution in [2.75, 3.05) is 12.4 Å². The molecule has 0 aliphatic rings. The average Bonchev–Trinajstić information content (AvgIpc) is 2.36. The van der Waals surface area contributed by atoms with Gasteiger partial charge in [0, 0.05) is 48.8 Å². The van der Waals surface area contributed by atoms with E-state index >= 15 is 0 Å². The molecule has 0 aromatic rings.